The van der Waals surface area contributed by atoms with Crippen LogP contribution in [-0.2, 0) is 21.0 Å². The van der Waals surface area contributed by atoms with Crippen LogP contribution in [0.15, 0.2) is 54.6 Å². The Balaban J connectivity index is 1.52. The summed E-state index contributed by atoms with van der Waals surface area (Å²) in [5.41, 5.74) is 4.05. The molecule has 1 N–H and O–H groups in total. The van der Waals surface area contributed by atoms with Crippen LogP contribution in [0.3, 0.4) is 0 Å². The van der Waals surface area contributed by atoms with E-state index in [0.717, 1.165) is 54.9 Å². The molecule has 1 heterocycles. The molecule has 0 saturated carbocycles. The van der Waals surface area contributed by atoms with E-state index in [-0.39, 0.29) is 17.9 Å². The van der Waals surface area contributed by atoms with Gasteiger partial charge in [-0.1, -0.05) is 103 Å². The molecular weight excluding hydrogens is 555 g/mol. The predicted molar refractivity (Wildman–Crippen MR) is 147 cm³/mol. The average molecular weight is 595 g/mol. The summed E-state index contributed by atoms with van der Waals surface area (Å²) in [5, 5.41) is 0. The third kappa shape index (κ3) is 9.69. The van der Waals surface area contributed by atoms with E-state index in [9.17, 15) is 9.59 Å². The van der Waals surface area contributed by atoms with Gasteiger partial charge in [0.15, 0.2) is 0 Å². The fourth-order valence-corrected chi connectivity index (χ4v) is 5.16. The van der Waals surface area contributed by atoms with Gasteiger partial charge in [0.25, 0.3) is 0 Å². The third-order valence-electron chi connectivity index (χ3n) is 6.68. The van der Waals surface area contributed by atoms with Gasteiger partial charge >= 0.3 is 6.09 Å². The minimum Gasteiger partial charge on any atom is -0.447 e. The summed E-state index contributed by atoms with van der Waals surface area (Å²) in [6.45, 7) is 1.11. The highest BCUT2D eigenvalue weighted by molar-refractivity contribution is 14.1. The van der Waals surface area contributed by atoms with Crippen molar-refractivity contribution in [3.05, 3.63) is 60.2 Å². The van der Waals surface area contributed by atoms with E-state index in [2.05, 4.69) is 52.4 Å². The number of hydroxylamine groups is 1. The van der Waals surface area contributed by atoms with Gasteiger partial charge in [-0.2, -0.15) is 0 Å². The molecule has 0 radical (unpaired) electrons. The van der Waals surface area contributed by atoms with Crippen LogP contribution < -0.4 is 5.48 Å². The Labute approximate surface area is 223 Å². The van der Waals surface area contributed by atoms with Gasteiger partial charge in [-0.25, -0.2) is 15.2 Å². The molecule has 192 valence electrons. The first-order valence-corrected chi connectivity index (χ1v) is 14.5. The van der Waals surface area contributed by atoms with Crippen molar-refractivity contribution in [2.75, 3.05) is 17.6 Å². The first-order valence-electron chi connectivity index (χ1n) is 13.0. The number of cyclic esters (lactones) is 1. The summed E-state index contributed by atoms with van der Waals surface area (Å²) in [6.07, 6.45) is 17.1. The quantitative estimate of drug-likeness (QED) is 0.104. The maximum Gasteiger partial charge on any atom is 0.416 e. The lowest BCUT2D eigenvalue weighted by Gasteiger charge is -2.25. The molecule has 1 aromatic rings. The number of nitrogens with zero attached hydrogens (tertiary/aromatic N) is 1. The molecule has 2 aliphatic rings. The smallest absolute Gasteiger partial charge is 0.416 e. The maximum absolute atomic E-state index is 13.5. The summed E-state index contributed by atoms with van der Waals surface area (Å²) in [7, 11) is 0. The Bertz CT molecular complexity index is 830. The molecule has 2 amide bonds. The summed E-state index contributed by atoms with van der Waals surface area (Å²) < 4.78 is 6.48. The van der Waals surface area contributed by atoms with E-state index in [1.165, 1.54) is 17.7 Å². The zero-order valence-electron chi connectivity index (χ0n) is 20.6. The molecular formula is C28H39IN2O4. The van der Waals surface area contributed by atoms with Gasteiger partial charge in [-0.15, -0.1) is 0 Å². The Morgan fingerprint density at radius 2 is 1.94 bits per heavy atom. The van der Waals surface area contributed by atoms with Crippen molar-refractivity contribution in [1.29, 1.82) is 0 Å². The molecule has 3 rings (SSSR count). The molecule has 1 fully saturated rings. The van der Waals surface area contributed by atoms with Crippen molar-refractivity contribution in [1.82, 2.24) is 10.4 Å². The molecule has 0 spiro atoms. The van der Waals surface area contributed by atoms with Crippen LogP contribution in [0.25, 0.3) is 0 Å². The summed E-state index contributed by atoms with van der Waals surface area (Å²) in [6, 6.07) is 9.74. The number of unbranched alkanes of at least 4 members (excludes halogenated alkanes) is 3. The molecule has 1 aliphatic heterocycles. The highest BCUT2D eigenvalue weighted by atomic mass is 127. The van der Waals surface area contributed by atoms with Crippen LogP contribution in [-0.4, -0.2) is 40.5 Å². The molecule has 35 heavy (non-hydrogen) atoms. The summed E-state index contributed by atoms with van der Waals surface area (Å²) >= 11 is 2.40. The second-order valence-electron chi connectivity index (χ2n) is 9.39. The number of carbonyl (C=O) groups is 2. The largest absolute Gasteiger partial charge is 0.447 e. The zero-order valence-corrected chi connectivity index (χ0v) is 22.7. The van der Waals surface area contributed by atoms with Crippen molar-refractivity contribution in [3.63, 3.8) is 0 Å². The topological polar surface area (TPSA) is 67.9 Å². The third-order valence-corrected chi connectivity index (χ3v) is 7.44. The van der Waals surface area contributed by atoms with Crippen molar-refractivity contribution >= 4 is 34.6 Å². The van der Waals surface area contributed by atoms with Gasteiger partial charge in [0.1, 0.15) is 6.61 Å². The number of nitrogens with one attached hydrogen (secondary N) is 1. The maximum atomic E-state index is 13.5. The van der Waals surface area contributed by atoms with Gasteiger partial charge in [-0.3, -0.25) is 9.63 Å². The van der Waals surface area contributed by atoms with Crippen LogP contribution >= 0.6 is 22.6 Å². The van der Waals surface area contributed by atoms with Crippen LogP contribution in [0.1, 0.15) is 63.4 Å². The predicted octanol–water partition coefficient (Wildman–Crippen LogP) is 6.36. The highest BCUT2D eigenvalue weighted by Gasteiger charge is 2.40. The first-order chi connectivity index (χ1) is 17.2. The number of rotatable bonds is 16. The number of benzene rings is 1. The van der Waals surface area contributed by atoms with Crippen LogP contribution in [0.4, 0.5) is 4.79 Å². The Kier molecular flexibility index (Phi) is 12.8. The molecule has 0 aromatic heterocycles. The van der Waals surface area contributed by atoms with E-state index >= 15 is 0 Å². The molecule has 1 aromatic carbocycles. The normalized spacial score (nSPS) is 20.3. The number of allylic oxidation sites excluding steroid dienone is 4. The van der Waals surface area contributed by atoms with E-state index in [4.69, 9.17) is 9.57 Å². The van der Waals surface area contributed by atoms with E-state index < -0.39 is 6.09 Å². The van der Waals surface area contributed by atoms with Crippen LogP contribution in [0.2, 0.25) is 0 Å². The molecule has 2 unspecified atom stereocenters. The molecule has 6 nitrogen and oxygen atoms in total. The number of imide groups is 1. The van der Waals surface area contributed by atoms with Crippen molar-refractivity contribution < 1.29 is 19.2 Å². The number of amides is 2. The average Bonchev–Trinajstić information content (AvgIpc) is 3.26. The molecule has 0 bridgehead atoms. The van der Waals surface area contributed by atoms with E-state index in [0.29, 0.717) is 25.7 Å². The molecule has 1 aliphatic carbocycles. The second-order valence-corrected chi connectivity index (χ2v) is 10.5. The number of hydrogen-bond acceptors (Lipinski definition) is 5. The molecule has 3 atom stereocenters. The van der Waals surface area contributed by atoms with Crippen LogP contribution in [0, 0.1) is 11.8 Å². The van der Waals surface area contributed by atoms with Crippen molar-refractivity contribution in [2.24, 2.45) is 11.8 Å². The lowest BCUT2D eigenvalue weighted by atomic mass is 9.93. The Morgan fingerprint density at radius 3 is 2.71 bits per heavy atom. The lowest BCUT2D eigenvalue weighted by molar-refractivity contribution is -0.134. The minimum atomic E-state index is -0.499. The lowest BCUT2D eigenvalue weighted by Crippen LogP contribution is -2.45. The number of alkyl halides is 1. The number of hydrogen-bond donors (Lipinski definition) is 1. The summed E-state index contributed by atoms with van der Waals surface area (Å²) in [4.78, 5) is 33.1. The fraction of sp³-hybridized carbons (Fsp3) is 0.571. The van der Waals surface area contributed by atoms with E-state index in [1.807, 2.05) is 30.3 Å². The fourth-order valence-electron chi connectivity index (χ4n) is 4.62. The summed E-state index contributed by atoms with van der Waals surface area (Å²) in [5.74, 6) is 0.0936. The minimum absolute atomic E-state index is 0.136. The number of carbonyl (C=O) groups excluding carboxylic acids is 2. The van der Waals surface area contributed by atoms with Gasteiger partial charge in [0.2, 0.25) is 5.91 Å². The number of ether oxygens (including phenoxy) is 1. The first kappa shape index (κ1) is 27.9. The van der Waals surface area contributed by atoms with Gasteiger partial charge in [0.05, 0.1) is 18.6 Å². The Morgan fingerprint density at radius 1 is 1.11 bits per heavy atom. The number of halogens is 1. The second kappa shape index (κ2) is 16.1. The monoisotopic (exact) mass is 594 g/mol. The van der Waals surface area contributed by atoms with Crippen LogP contribution in [0.5, 0.6) is 0 Å². The highest BCUT2D eigenvalue weighted by Crippen LogP contribution is 2.25. The molecule has 7 heteroatoms. The van der Waals surface area contributed by atoms with Gasteiger partial charge in [-0.05, 0) is 48.0 Å². The zero-order chi connectivity index (χ0) is 24.7. The van der Waals surface area contributed by atoms with Gasteiger partial charge < -0.3 is 4.74 Å². The van der Waals surface area contributed by atoms with Gasteiger partial charge in [0, 0.05) is 6.54 Å². The molecule has 1 saturated heterocycles. The van der Waals surface area contributed by atoms with E-state index in [1.54, 1.807) is 0 Å². The Hall–Kier alpha value is -1.71. The van der Waals surface area contributed by atoms with Crippen molar-refractivity contribution in [3.8, 4) is 0 Å². The SMILES string of the molecule is O=C1OC[C@H](CCCC2C=CC=CC2)N1C(=O)C(CCCCCCI)CNOCc1ccccc1. The standard InChI is InChI=1S/C28H39IN2O4/c29-19-10-2-1-9-17-25(20-30-35-21-24-14-7-4-8-15-24)27(32)31-26(22-34-28(31)33)18-11-16-23-12-5-3-6-13-23/h3-8,12,14-15,23,25-26,30H,1-2,9-11,13,16-22H2/t23?,25?,26-/m0/s1. The van der Waals surface area contributed by atoms with Crippen molar-refractivity contribution in [2.45, 2.75) is 70.4 Å².